The molecule has 1 N–H and O–H groups in total. The lowest BCUT2D eigenvalue weighted by Gasteiger charge is -2.36. The summed E-state index contributed by atoms with van der Waals surface area (Å²) in [6.45, 7) is 8.18. The van der Waals surface area contributed by atoms with E-state index in [9.17, 15) is 9.90 Å². The van der Waals surface area contributed by atoms with Gasteiger partial charge in [-0.3, -0.25) is 9.69 Å². The summed E-state index contributed by atoms with van der Waals surface area (Å²) >= 11 is 0. The number of aliphatic hydroxyl groups excluding tert-OH is 1. The Hall–Kier alpha value is -0.610. The molecule has 0 aliphatic carbocycles. The highest BCUT2D eigenvalue weighted by atomic mass is 16.3. The summed E-state index contributed by atoms with van der Waals surface area (Å²) in [7, 11) is 0. The zero-order valence-electron chi connectivity index (χ0n) is 11.6. The summed E-state index contributed by atoms with van der Waals surface area (Å²) in [5.41, 5.74) is 0. The Kier molecular flexibility index (Phi) is 4.62. The first-order valence-corrected chi connectivity index (χ1v) is 7.24. The van der Waals surface area contributed by atoms with E-state index in [1.54, 1.807) is 0 Å². The largest absolute Gasteiger partial charge is 0.392 e. The number of rotatable bonds is 2. The minimum Gasteiger partial charge on any atom is -0.392 e. The highest BCUT2D eigenvalue weighted by molar-refractivity contribution is 5.78. The van der Waals surface area contributed by atoms with E-state index in [2.05, 4.69) is 18.7 Å². The van der Waals surface area contributed by atoms with Crippen LogP contribution in [0.5, 0.6) is 0 Å². The number of carbonyl (C=O) groups is 1. The van der Waals surface area contributed by atoms with Crippen LogP contribution >= 0.6 is 0 Å². The molecule has 2 fully saturated rings. The van der Waals surface area contributed by atoms with Crippen LogP contribution in [-0.2, 0) is 4.79 Å². The molecular weight excluding hydrogens is 228 g/mol. The monoisotopic (exact) mass is 254 g/mol. The van der Waals surface area contributed by atoms with E-state index >= 15 is 0 Å². The molecule has 1 amide bonds. The van der Waals surface area contributed by atoms with Gasteiger partial charge in [0.2, 0.25) is 5.91 Å². The van der Waals surface area contributed by atoms with Crippen molar-refractivity contribution in [1.29, 1.82) is 0 Å². The molecule has 0 saturated carbocycles. The normalized spacial score (nSPS) is 34.6. The van der Waals surface area contributed by atoms with E-state index in [4.69, 9.17) is 0 Å². The summed E-state index contributed by atoms with van der Waals surface area (Å²) in [5, 5.41) is 9.85. The van der Waals surface area contributed by atoms with Crippen molar-refractivity contribution in [3.8, 4) is 0 Å². The molecule has 2 aliphatic rings. The molecule has 0 aromatic rings. The molecule has 2 saturated heterocycles. The highest BCUT2D eigenvalue weighted by Crippen LogP contribution is 2.18. The van der Waals surface area contributed by atoms with Crippen molar-refractivity contribution in [3.63, 3.8) is 0 Å². The van der Waals surface area contributed by atoms with Crippen LogP contribution < -0.4 is 0 Å². The zero-order valence-corrected chi connectivity index (χ0v) is 11.6. The number of carbonyl (C=O) groups excluding carboxylic acids is 1. The van der Waals surface area contributed by atoms with Crippen LogP contribution in [0.25, 0.3) is 0 Å². The van der Waals surface area contributed by atoms with Gasteiger partial charge in [-0.1, -0.05) is 13.8 Å². The van der Waals surface area contributed by atoms with Gasteiger partial charge in [-0.15, -0.1) is 0 Å². The van der Waals surface area contributed by atoms with E-state index in [0.29, 0.717) is 24.9 Å². The van der Waals surface area contributed by atoms with E-state index in [-0.39, 0.29) is 12.0 Å². The third-order valence-electron chi connectivity index (χ3n) is 4.37. The van der Waals surface area contributed by atoms with Crippen LogP contribution in [0.2, 0.25) is 0 Å². The van der Waals surface area contributed by atoms with Crippen LogP contribution in [-0.4, -0.2) is 59.6 Å². The fourth-order valence-corrected chi connectivity index (χ4v) is 2.97. The van der Waals surface area contributed by atoms with Crippen LogP contribution in [0.15, 0.2) is 0 Å². The standard InChI is InChI=1S/C14H26N2O2/c1-11-4-3-6-16(8-11)14(18)10-15-7-5-12(2)13(17)9-15/h11-13,17H,3-10H2,1-2H3. The van der Waals surface area contributed by atoms with Crippen molar-refractivity contribution >= 4 is 5.91 Å². The quantitative estimate of drug-likeness (QED) is 0.798. The Labute approximate surface area is 110 Å². The predicted octanol–water partition coefficient (Wildman–Crippen LogP) is 0.948. The number of nitrogens with zero attached hydrogens (tertiary/aromatic N) is 2. The maximum Gasteiger partial charge on any atom is 0.236 e. The van der Waals surface area contributed by atoms with Crippen molar-refractivity contribution in [2.24, 2.45) is 11.8 Å². The van der Waals surface area contributed by atoms with Gasteiger partial charge >= 0.3 is 0 Å². The summed E-state index contributed by atoms with van der Waals surface area (Å²) in [5.74, 6) is 1.24. The van der Waals surface area contributed by atoms with Gasteiger partial charge in [0.1, 0.15) is 0 Å². The first-order valence-electron chi connectivity index (χ1n) is 7.24. The first-order chi connectivity index (χ1) is 8.56. The van der Waals surface area contributed by atoms with Gasteiger partial charge in [0.15, 0.2) is 0 Å². The topological polar surface area (TPSA) is 43.8 Å². The predicted molar refractivity (Wildman–Crippen MR) is 71.2 cm³/mol. The molecule has 0 radical (unpaired) electrons. The Morgan fingerprint density at radius 2 is 2.00 bits per heavy atom. The number of hydrogen-bond donors (Lipinski definition) is 1. The molecule has 0 aromatic heterocycles. The average Bonchev–Trinajstić information content (AvgIpc) is 2.34. The lowest BCUT2D eigenvalue weighted by molar-refractivity contribution is -0.135. The van der Waals surface area contributed by atoms with E-state index in [1.807, 2.05) is 4.90 Å². The van der Waals surface area contributed by atoms with Crippen molar-refractivity contribution in [1.82, 2.24) is 9.80 Å². The summed E-state index contributed by atoms with van der Waals surface area (Å²) < 4.78 is 0. The Morgan fingerprint density at radius 3 is 2.67 bits per heavy atom. The summed E-state index contributed by atoms with van der Waals surface area (Å²) in [6.07, 6.45) is 3.09. The number of amides is 1. The van der Waals surface area contributed by atoms with Crippen molar-refractivity contribution in [2.45, 2.75) is 39.2 Å². The summed E-state index contributed by atoms with van der Waals surface area (Å²) in [6, 6.07) is 0. The minimum atomic E-state index is -0.271. The second-order valence-corrected chi connectivity index (χ2v) is 6.16. The molecule has 4 heteroatoms. The Morgan fingerprint density at radius 1 is 1.22 bits per heavy atom. The molecule has 2 rings (SSSR count). The Bertz CT molecular complexity index is 296. The van der Waals surface area contributed by atoms with Gasteiger partial charge in [0.25, 0.3) is 0 Å². The SMILES string of the molecule is CC1CCCN(C(=O)CN2CCC(C)C(O)C2)C1. The smallest absolute Gasteiger partial charge is 0.236 e. The maximum atomic E-state index is 12.2. The van der Waals surface area contributed by atoms with Gasteiger partial charge in [0.05, 0.1) is 12.6 Å². The van der Waals surface area contributed by atoms with E-state index < -0.39 is 0 Å². The second-order valence-electron chi connectivity index (χ2n) is 6.16. The number of β-amino-alcohol motifs (C(OH)–C–C–N with tert-alkyl or cyclic N) is 1. The van der Waals surface area contributed by atoms with Crippen LogP contribution in [0, 0.1) is 11.8 Å². The summed E-state index contributed by atoms with van der Waals surface area (Å²) in [4.78, 5) is 16.3. The second kappa shape index (κ2) is 6.02. The zero-order chi connectivity index (χ0) is 13.1. The fourth-order valence-electron chi connectivity index (χ4n) is 2.97. The minimum absolute atomic E-state index is 0.239. The molecule has 18 heavy (non-hydrogen) atoms. The molecule has 0 bridgehead atoms. The van der Waals surface area contributed by atoms with Crippen molar-refractivity contribution in [3.05, 3.63) is 0 Å². The molecule has 104 valence electrons. The fraction of sp³-hybridized carbons (Fsp3) is 0.929. The molecule has 3 unspecified atom stereocenters. The third kappa shape index (κ3) is 3.45. The first kappa shape index (κ1) is 13.8. The molecule has 3 atom stereocenters. The lowest BCUT2D eigenvalue weighted by Crippen LogP contribution is -2.49. The van der Waals surface area contributed by atoms with Gasteiger partial charge in [-0.2, -0.15) is 0 Å². The number of likely N-dealkylation sites (tertiary alicyclic amines) is 2. The molecule has 2 aliphatic heterocycles. The molecule has 0 aromatic carbocycles. The molecule has 2 heterocycles. The van der Waals surface area contributed by atoms with Gasteiger partial charge in [-0.25, -0.2) is 0 Å². The van der Waals surface area contributed by atoms with E-state index in [1.165, 1.54) is 6.42 Å². The van der Waals surface area contributed by atoms with Crippen LogP contribution in [0.4, 0.5) is 0 Å². The van der Waals surface area contributed by atoms with Crippen LogP contribution in [0.1, 0.15) is 33.1 Å². The third-order valence-corrected chi connectivity index (χ3v) is 4.37. The van der Waals surface area contributed by atoms with E-state index in [0.717, 1.165) is 32.5 Å². The van der Waals surface area contributed by atoms with Crippen molar-refractivity contribution in [2.75, 3.05) is 32.7 Å². The lowest BCUT2D eigenvalue weighted by atomic mass is 9.96. The maximum absolute atomic E-state index is 12.2. The van der Waals surface area contributed by atoms with Gasteiger partial charge < -0.3 is 10.0 Å². The van der Waals surface area contributed by atoms with Gasteiger partial charge in [0, 0.05) is 19.6 Å². The number of piperidine rings is 2. The Balaban J connectivity index is 1.80. The number of aliphatic hydroxyl groups is 1. The highest BCUT2D eigenvalue weighted by Gasteiger charge is 2.27. The average molecular weight is 254 g/mol. The van der Waals surface area contributed by atoms with Crippen molar-refractivity contribution < 1.29 is 9.90 Å². The number of hydrogen-bond acceptors (Lipinski definition) is 3. The molecule has 4 nitrogen and oxygen atoms in total. The van der Waals surface area contributed by atoms with Gasteiger partial charge in [-0.05, 0) is 37.6 Å². The molecular formula is C14H26N2O2. The van der Waals surface area contributed by atoms with Crippen LogP contribution in [0.3, 0.4) is 0 Å². The molecule has 0 spiro atoms.